The van der Waals surface area contributed by atoms with Crippen LogP contribution in [0.5, 0.6) is 5.75 Å². The molecule has 0 spiro atoms. The summed E-state index contributed by atoms with van der Waals surface area (Å²) in [5.41, 5.74) is 3.46. The predicted octanol–water partition coefficient (Wildman–Crippen LogP) is 4.35. The summed E-state index contributed by atoms with van der Waals surface area (Å²) in [6, 6.07) is 15.6. The third kappa shape index (κ3) is 2.80. The van der Waals surface area contributed by atoms with Gasteiger partial charge in [0.2, 0.25) is 0 Å². The molecule has 2 heteroatoms. The van der Waals surface area contributed by atoms with E-state index in [1.807, 2.05) is 55.5 Å². The van der Waals surface area contributed by atoms with Crippen LogP contribution in [-0.2, 0) is 4.79 Å². The first-order chi connectivity index (χ1) is 9.67. The van der Waals surface area contributed by atoms with Gasteiger partial charge in [-0.25, -0.2) is 0 Å². The Kier molecular flexibility index (Phi) is 4.36. The van der Waals surface area contributed by atoms with Crippen molar-refractivity contribution >= 4 is 11.4 Å². The van der Waals surface area contributed by atoms with Gasteiger partial charge in [-0.3, -0.25) is 4.79 Å². The SMILES string of the molecule is C=C(C(=O)CC)c1ccccc1-c1cccc(OC)c1. The molecule has 2 rings (SSSR count). The topological polar surface area (TPSA) is 26.3 Å². The molecule has 0 saturated carbocycles. The van der Waals surface area contributed by atoms with Gasteiger partial charge in [0.15, 0.2) is 5.78 Å². The fourth-order valence-corrected chi connectivity index (χ4v) is 2.15. The Labute approximate surface area is 119 Å². The van der Waals surface area contributed by atoms with Gasteiger partial charge in [-0.15, -0.1) is 0 Å². The van der Waals surface area contributed by atoms with E-state index in [9.17, 15) is 4.79 Å². The first-order valence-corrected chi connectivity index (χ1v) is 6.63. The highest BCUT2D eigenvalue weighted by Crippen LogP contribution is 2.31. The summed E-state index contributed by atoms with van der Waals surface area (Å²) in [4.78, 5) is 11.9. The minimum atomic E-state index is 0.0698. The lowest BCUT2D eigenvalue weighted by molar-refractivity contribution is -0.113. The molecule has 0 unspecified atom stereocenters. The lowest BCUT2D eigenvalue weighted by Crippen LogP contribution is -2.00. The Morgan fingerprint density at radius 1 is 1.15 bits per heavy atom. The van der Waals surface area contributed by atoms with Gasteiger partial charge in [-0.05, 0) is 28.8 Å². The standard InChI is InChI=1S/C18H18O2/c1-4-18(19)13(2)16-10-5-6-11-17(16)14-8-7-9-15(12-14)20-3/h5-12H,2,4H2,1,3H3. The summed E-state index contributed by atoms with van der Waals surface area (Å²) >= 11 is 0. The molecule has 102 valence electrons. The molecule has 2 aromatic rings. The number of ether oxygens (including phenoxy) is 1. The normalized spacial score (nSPS) is 10.1. The zero-order valence-corrected chi connectivity index (χ0v) is 11.8. The summed E-state index contributed by atoms with van der Waals surface area (Å²) in [5.74, 6) is 0.866. The van der Waals surface area contributed by atoms with E-state index in [-0.39, 0.29) is 5.78 Å². The fourth-order valence-electron chi connectivity index (χ4n) is 2.15. The highest BCUT2D eigenvalue weighted by Gasteiger charge is 2.12. The van der Waals surface area contributed by atoms with Gasteiger partial charge in [0, 0.05) is 12.0 Å². The number of carbonyl (C=O) groups excluding carboxylic acids is 1. The Morgan fingerprint density at radius 2 is 1.90 bits per heavy atom. The molecule has 0 fully saturated rings. The van der Waals surface area contributed by atoms with Crippen LogP contribution in [0.25, 0.3) is 16.7 Å². The molecular formula is C18H18O2. The largest absolute Gasteiger partial charge is 0.497 e. The summed E-state index contributed by atoms with van der Waals surface area (Å²) < 4.78 is 5.26. The molecule has 0 aliphatic carbocycles. The second-order valence-corrected chi connectivity index (χ2v) is 4.53. The quantitative estimate of drug-likeness (QED) is 0.752. The molecule has 0 atom stereocenters. The smallest absolute Gasteiger partial charge is 0.162 e. The molecule has 0 radical (unpaired) electrons. The monoisotopic (exact) mass is 266 g/mol. The van der Waals surface area contributed by atoms with Gasteiger partial charge in [0.25, 0.3) is 0 Å². The third-order valence-electron chi connectivity index (χ3n) is 3.29. The van der Waals surface area contributed by atoms with Crippen molar-refractivity contribution in [3.8, 4) is 16.9 Å². The first kappa shape index (κ1) is 14.1. The van der Waals surface area contributed by atoms with Crippen molar-refractivity contribution in [1.82, 2.24) is 0 Å². The van der Waals surface area contributed by atoms with Crippen LogP contribution in [0.3, 0.4) is 0 Å². The molecule has 0 aliphatic heterocycles. The molecule has 2 nitrogen and oxygen atoms in total. The van der Waals surface area contributed by atoms with Crippen molar-refractivity contribution < 1.29 is 9.53 Å². The summed E-state index contributed by atoms with van der Waals surface area (Å²) in [5, 5.41) is 0. The van der Waals surface area contributed by atoms with Crippen LogP contribution >= 0.6 is 0 Å². The molecular weight excluding hydrogens is 248 g/mol. The highest BCUT2D eigenvalue weighted by atomic mass is 16.5. The van der Waals surface area contributed by atoms with E-state index in [1.165, 1.54) is 0 Å². The van der Waals surface area contributed by atoms with E-state index in [4.69, 9.17) is 4.74 Å². The van der Waals surface area contributed by atoms with E-state index in [2.05, 4.69) is 6.58 Å². The zero-order chi connectivity index (χ0) is 14.5. The summed E-state index contributed by atoms with van der Waals surface area (Å²) in [6.07, 6.45) is 0.464. The van der Waals surface area contributed by atoms with E-state index in [0.717, 1.165) is 22.4 Å². The maximum atomic E-state index is 11.9. The number of carbonyl (C=O) groups is 1. The fraction of sp³-hybridized carbons (Fsp3) is 0.167. The number of hydrogen-bond donors (Lipinski definition) is 0. The van der Waals surface area contributed by atoms with Crippen molar-refractivity contribution in [1.29, 1.82) is 0 Å². The number of ketones is 1. The molecule has 20 heavy (non-hydrogen) atoms. The second kappa shape index (κ2) is 6.20. The van der Waals surface area contributed by atoms with Gasteiger partial charge in [0.1, 0.15) is 5.75 Å². The van der Waals surface area contributed by atoms with Gasteiger partial charge in [-0.1, -0.05) is 49.9 Å². The van der Waals surface area contributed by atoms with Gasteiger partial charge < -0.3 is 4.74 Å². The van der Waals surface area contributed by atoms with E-state index in [0.29, 0.717) is 12.0 Å². The van der Waals surface area contributed by atoms with Crippen molar-refractivity contribution in [3.05, 3.63) is 60.7 Å². The Hall–Kier alpha value is -2.35. The van der Waals surface area contributed by atoms with Gasteiger partial charge in [0.05, 0.1) is 7.11 Å². The molecule has 0 N–H and O–H groups in total. The number of hydrogen-bond acceptors (Lipinski definition) is 2. The molecule has 0 bridgehead atoms. The zero-order valence-electron chi connectivity index (χ0n) is 11.8. The van der Waals surface area contributed by atoms with Crippen molar-refractivity contribution in [2.75, 3.05) is 7.11 Å². The molecule has 0 aliphatic rings. The molecule has 0 aromatic heterocycles. The molecule has 0 amide bonds. The van der Waals surface area contributed by atoms with Crippen LogP contribution in [0.1, 0.15) is 18.9 Å². The van der Waals surface area contributed by atoms with Gasteiger partial charge in [-0.2, -0.15) is 0 Å². The average molecular weight is 266 g/mol. The summed E-state index contributed by atoms with van der Waals surface area (Å²) in [7, 11) is 1.64. The Morgan fingerprint density at radius 3 is 2.60 bits per heavy atom. The number of methoxy groups -OCH3 is 1. The Balaban J connectivity index is 2.52. The van der Waals surface area contributed by atoms with Crippen LogP contribution < -0.4 is 4.74 Å². The minimum Gasteiger partial charge on any atom is -0.497 e. The van der Waals surface area contributed by atoms with Crippen LogP contribution in [0, 0.1) is 0 Å². The van der Waals surface area contributed by atoms with Gasteiger partial charge >= 0.3 is 0 Å². The van der Waals surface area contributed by atoms with Crippen LogP contribution in [0.4, 0.5) is 0 Å². The van der Waals surface area contributed by atoms with E-state index >= 15 is 0 Å². The molecule has 2 aromatic carbocycles. The predicted molar refractivity (Wildman–Crippen MR) is 82.8 cm³/mol. The maximum absolute atomic E-state index is 11.9. The number of rotatable bonds is 5. The van der Waals surface area contributed by atoms with Crippen LogP contribution in [0.2, 0.25) is 0 Å². The summed E-state index contributed by atoms with van der Waals surface area (Å²) in [6.45, 7) is 5.79. The van der Waals surface area contributed by atoms with Crippen molar-refractivity contribution in [3.63, 3.8) is 0 Å². The average Bonchev–Trinajstić information content (AvgIpc) is 2.53. The Bertz CT molecular complexity index is 641. The van der Waals surface area contributed by atoms with Crippen LogP contribution in [-0.4, -0.2) is 12.9 Å². The van der Waals surface area contributed by atoms with E-state index in [1.54, 1.807) is 7.11 Å². The maximum Gasteiger partial charge on any atom is 0.162 e. The lowest BCUT2D eigenvalue weighted by atomic mass is 9.92. The second-order valence-electron chi connectivity index (χ2n) is 4.53. The molecule has 0 saturated heterocycles. The molecule has 0 heterocycles. The number of Topliss-reactive ketones (excluding diaryl/α,β-unsaturated/α-hetero) is 1. The third-order valence-corrected chi connectivity index (χ3v) is 3.29. The number of allylic oxidation sites excluding steroid dienone is 1. The van der Waals surface area contributed by atoms with Crippen LogP contribution in [0.15, 0.2) is 55.1 Å². The first-order valence-electron chi connectivity index (χ1n) is 6.63. The highest BCUT2D eigenvalue weighted by molar-refractivity contribution is 6.21. The number of benzene rings is 2. The lowest BCUT2D eigenvalue weighted by Gasteiger charge is -2.12. The van der Waals surface area contributed by atoms with Crippen molar-refractivity contribution in [2.45, 2.75) is 13.3 Å². The van der Waals surface area contributed by atoms with Crippen molar-refractivity contribution in [2.24, 2.45) is 0 Å². The minimum absolute atomic E-state index is 0.0698. The van der Waals surface area contributed by atoms with E-state index < -0.39 is 0 Å².